The molecule has 0 aliphatic carbocycles. The fourth-order valence-electron chi connectivity index (χ4n) is 1.60. The highest BCUT2D eigenvalue weighted by Gasteiger charge is 2.02. The molecular weight excluding hydrogens is 228 g/mol. The van der Waals surface area contributed by atoms with Gasteiger partial charge in [-0.05, 0) is 31.9 Å². The molecule has 0 saturated heterocycles. The molecule has 0 atom stereocenters. The van der Waals surface area contributed by atoms with Gasteiger partial charge < -0.3 is 10.1 Å². The molecule has 4 N–H and O–H groups in total. The van der Waals surface area contributed by atoms with E-state index in [1.165, 1.54) is 0 Å². The smallest absolute Gasteiger partial charge is 0.205 e. The van der Waals surface area contributed by atoms with Crippen molar-refractivity contribution in [3.63, 3.8) is 0 Å². The van der Waals surface area contributed by atoms with Crippen molar-refractivity contribution in [3.05, 3.63) is 29.8 Å². The monoisotopic (exact) mass is 250 g/mol. The largest absolute Gasteiger partial charge is 0.496 e. The molecule has 100 valence electrons. The van der Waals surface area contributed by atoms with Gasteiger partial charge in [0.2, 0.25) is 5.96 Å². The average molecular weight is 250 g/mol. The van der Waals surface area contributed by atoms with Gasteiger partial charge in [-0.15, -0.1) is 0 Å². The van der Waals surface area contributed by atoms with Crippen LogP contribution in [0.5, 0.6) is 5.75 Å². The molecule has 1 aromatic carbocycles. The topological polar surface area (TPSA) is 71.7 Å². The van der Waals surface area contributed by atoms with Crippen molar-refractivity contribution in [3.8, 4) is 5.75 Å². The molecule has 0 amide bonds. The summed E-state index contributed by atoms with van der Waals surface area (Å²) in [4.78, 5) is 4.37. The van der Waals surface area contributed by atoms with Crippen LogP contribution in [0.3, 0.4) is 0 Å². The van der Waals surface area contributed by atoms with Gasteiger partial charge in [0.1, 0.15) is 5.75 Å². The molecule has 0 bridgehead atoms. The first-order chi connectivity index (χ1) is 8.67. The van der Waals surface area contributed by atoms with E-state index in [9.17, 15) is 0 Å². The van der Waals surface area contributed by atoms with Crippen molar-refractivity contribution in [2.75, 3.05) is 13.7 Å². The molecule has 0 aliphatic rings. The number of hydrogen-bond donors (Lipinski definition) is 3. The van der Waals surface area contributed by atoms with Crippen molar-refractivity contribution < 1.29 is 4.74 Å². The standard InChI is InChI=1S/C13H22N4O/c1-10(2)16-13(17-14)15-9-8-11-6-4-5-7-12(11)18-3/h4-7,10H,8-9,14H2,1-3H3,(H2,15,16,17). The first-order valence-corrected chi connectivity index (χ1v) is 6.07. The van der Waals surface area contributed by atoms with E-state index in [1.807, 2.05) is 38.1 Å². The van der Waals surface area contributed by atoms with Crippen LogP contribution in [0.2, 0.25) is 0 Å². The second kappa shape index (κ2) is 7.55. The molecule has 0 radical (unpaired) electrons. The Morgan fingerprint density at radius 1 is 1.39 bits per heavy atom. The van der Waals surface area contributed by atoms with E-state index in [0.29, 0.717) is 18.5 Å². The molecule has 1 aromatic rings. The molecule has 0 aliphatic heterocycles. The third kappa shape index (κ3) is 4.63. The Balaban J connectivity index is 2.56. The maximum absolute atomic E-state index is 5.39. The summed E-state index contributed by atoms with van der Waals surface area (Å²) in [6.07, 6.45) is 0.814. The van der Waals surface area contributed by atoms with Crippen molar-refractivity contribution >= 4 is 5.96 Å². The number of hydrogen-bond acceptors (Lipinski definition) is 3. The van der Waals surface area contributed by atoms with Crippen LogP contribution in [0.4, 0.5) is 0 Å². The van der Waals surface area contributed by atoms with Crippen LogP contribution in [0, 0.1) is 0 Å². The minimum Gasteiger partial charge on any atom is -0.496 e. The van der Waals surface area contributed by atoms with E-state index in [2.05, 4.69) is 15.7 Å². The van der Waals surface area contributed by atoms with Crippen LogP contribution in [-0.4, -0.2) is 25.7 Å². The number of guanidine groups is 1. The van der Waals surface area contributed by atoms with Gasteiger partial charge in [-0.25, -0.2) is 5.84 Å². The fourth-order valence-corrected chi connectivity index (χ4v) is 1.60. The van der Waals surface area contributed by atoms with Gasteiger partial charge in [-0.3, -0.25) is 10.4 Å². The third-order valence-electron chi connectivity index (χ3n) is 2.41. The first kappa shape index (κ1) is 14.3. The van der Waals surface area contributed by atoms with Gasteiger partial charge in [0.25, 0.3) is 0 Å². The quantitative estimate of drug-likeness (QED) is 0.316. The minimum absolute atomic E-state index is 0.297. The first-order valence-electron chi connectivity index (χ1n) is 6.07. The fraction of sp³-hybridized carbons (Fsp3) is 0.462. The van der Waals surface area contributed by atoms with Crippen LogP contribution in [0.15, 0.2) is 29.3 Å². The van der Waals surface area contributed by atoms with E-state index in [0.717, 1.165) is 17.7 Å². The van der Waals surface area contributed by atoms with Crippen LogP contribution >= 0.6 is 0 Å². The normalized spacial score (nSPS) is 11.5. The molecule has 0 saturated carbocycles. The lowest BCUT2D eigenvalue weighted by Gasteiger charge is -2.12. The number of benzene rings is 1. The Kier molecular flexibility index (Phi) is 6.00. The van der Waals surface area contributed by atoms with E-state index in [1.54, 1.807) is 7.11 Å². The summed E-state index contributed by atoms with van der Waals surface area (Å²) in [6.45, 7) is 4.72. The Morgan fingerprint density at radius 3 is 2.72 bits per heavy atom. The molecule has 0 aromatic heterocycles. The number of ether oxygens (including phenoxy) is 1. The molecule has 5 heteroatoms. The summed E-state index contributed by atoms with van der Waals surface area (Å²) in [6, 6.07) is 8.24. The highest BCUT2D eigenvalue weighted by atomic mass is 16.5. The molecule has 0 unspecified atom stereocenters. The predicted molar refractivity (Wildman–Crippen MR) is 74.6 cm³/mol. The number of nitrogens with one attached hydrogen (secondary N) is 2. The summed E-state index contributed by atoms with van der Waals surface area (Å²) in [5.41, 5.74) is 3.70. The lowest BCUT2D eigenvalue weighted by atomic mass is 10.1. The number of nitrogens with zero attached hydrogens (tertiary/aromatic N) is 1. The molecular formula is C13H22N4O. The number of nitrogens with two attached hydrogens (primary N) is 1. The van der Waals surface area contributed by atoms with Gasteiger partial charge in [-0.2, -0.15) is 0 Å². The number of aliphatic imine (C=N–C) groups is 1. The van der Waals surface area contributed by atoms with Gasteiger partial charge in [0.15, 0.2) is 0 Å². The molecule has 0 heterocycles. The minimum atomic E-state index is 0.297. The highest BCUT2D eigenvalue weighted by Crippen LogP contribution is 2.17. The SMILES string of the molecule is COc1ccccc1CCN=C(NN)NC(C)C. The zero-order valence-electron chi connectivity index (χ0n) is 11.2. The molecule has 5 nitrogen and oxygen atoms in total. The maximum Gasteiger partial charge on any atom is 0.205 e. The van der Waals surface area contributed by atoms with Crippen molar-refractivity contribution in [2.24, 2.45) is 10.8 Å². The highest BCUT2D eigenvalue weighted by molar-refractivity contribution is 5.79. The second-order valence-corrected chi connectivity index (χ2v) is 4.24. The number of hydrazine groups is 1. The summed E-state index contributed by atoms with van der Waals surface area (Å²) < 4.78 is 5.29. The lowest BCUT2D eigenvalue weighted by molar-refractivity contribution is 0.410. The van der Waals surface area contributed by atoms with Gasteiger partial charge in [-0.1, -0.05) is 18.2 Å². The molecule has 0 spiro atoms. The predicted octanol–water partition coefficient (Wildman–Crippen LogP) is 1.05. The van der Waals surface area contributed by atoms with Crippen molar-refractivity contribution in [2.45, 2.75) is 26.3 Å². The summed E-state index contributed by atoms with van der Waals surface area (Å²) in [7, 11) is 1.68. The summed E-state index contributed by atoms with van der Waals surface area (Å²) in [5, 5.41) is 3.13. The Bertz CT molecular complexity index is 390. The van der Waals surface area contributed by atoms with Crippen LogP contribution in [-0.2, 0) is 6.42 Å². The van der Waals surface area contributed by atoms with E-state index < -0.39 is 0 Å². The number of rotatable bonds is 5. The van der Waals surface area contributed by atoms with E-state index in [4.69, 9.17) is 10.6 Å². The Labute approximate surface area is 108 Å². The molecule has 0 fully saturated rings. The van der Waals surface area contributed by atoms with Crippen LogP contribution in [0.25, 0.3) is 0 Å². The van der Waals surface area contributed by atoms with Gasteiger partial charge in [0, 0.05) is 12.6 Å². The van der Waals surface area contributed by atoms with Crippen molar-refractivity contribution in [1.82, 2.24) is 10.7 Å². The third-order valence-corrected chi connectivity index (χ3v) is 2.41. The van der Waals surface area contributed by atoms with E-state index in [-0.39, 0.29) is 0 Å². The zero-order valence-corrected chi connectivity index (χ0v) is 11.2. The van der Waals surface area contributed by atoms with Gasteiger partial charge in [0.05, 0.1) is 7.11 Å². The zero-order chi connectivity index (χ0) is 13.4. The Hall–Kier alpha value is -1.75. The summed E-state index contributed by atoms with van der Waals surface area (Å²) >= 11 is 0. The van der Waals surface area contributed by atoms with Crippen molar-refractivity contribution in [1.29, 1.82) is 0 Å². The van der Waals surface area contributed by atoms with Crippen LogP contribution in [0.1, 0.15) is 19.4 Å². The molecule has 18 heavy (non-hydrogen) atoms. The average Bonchev–Trinajstić information content (AvgIpc) is 2.37. The number of para-hydroxylation sites is 1. The number of methoxy groups -OCH3 is 1. The Morgan fingerprint density at radius 2 is 2.11 bits per heavy atom. The van der Waals surface area contributed by atoms with Crippen LogP contribution < -0.4 is 21.3 Å². The van der Waals surface area contributed by atoms with Gasteiger partial charge >= 0.3 is 0 Å². The second-order valence-electron chi connectivity index (χ2n) is 4.24. The lowest BCUT2D eigenvalue weighted by Crippen LogP contribution is -2.44. The molecule has 1 rings (SSSR count). The summed E-state index contributed by atoms with van der Waals surface area (Å²) in [5.74, 6) is 6.89. The maximum atomic E-state index is 5.39. The van der Waals surface area contributed by atoms with E-state index >= 15 is 0 Å².